The quantitative estimate of drug-likeness (QED) is 0.881. The molecule has 0 amide bonds. The molecule has 1 heterocycles. The van der Waals surface area contributed by atoms with E-state index in [1.807, 2.05) is 0 Å². The van der Waals surface area contributed by atoms with Crippen LogP contribution >= 0.6 is 23.2 Å². The maximum absolute atomic E-state index is 5.87. The van der Waals surface area contributed by atoms with Crippen molar-refractivity contribution in [2.45, 2.75) is 6.54 Å². The van der Waals surface area contributed by atoms with Crippen LogP contribution in [0, 0.1) is 0 Å². The van der Waals surface area contributed by atoms with Crippen molar-refractivity contribution in [3.05, 3.63) is 40.1 Å². The van der Waals surface area contributed by atoms with Gasteiger partial charge in [0.15, 0.2) is 5.76 Å². The standard InChI is InChI=1S/C10H8Cl2N2O/c11-7-1-6(2-8(12)3-7)10-4-9(5-13)15-14-10/h1-4H,5,13H2. The molecule has 78 valence electrons. The molecule has 2 rings (SSSR count). The van der Waals surface area contributed by atoms with Crippen molar-refractivity contribution in [2.75, 3.05) is 0 Å². The maximum Gasteiger partial charge on any atom is 0.150 e. The second kappa shape index (κ2) is 4.23. The van der Waals surface area contributed by atoms with Gasteiger partial charge in [0.05, 0.1) is 6.54 Å². The van der Waals surface area contributed by atoms with Gasteiger partial charge >= 0.3 is 0 Å². The van der Waals surface area contributed by atoms with Crippen molar-refractivity contribution in [1.29, 1.82) is 0 Å². The van der Waals surface area contributed by atoms with Gasteiger partial charge in [0.2, 0.25) is 0 Å². The largest absolute Gasteiger partial charge is 0.359 e. The summed E-state index contributed by atoms with van der Waals surface area (Å²) in [5.41, 5.74) is 6.91. The fraction of sp³-hybridized carbons (Fsp3) is 0.100. The van der Waals surface area contributed by atoms with Crippen LogP contribution in [0.4, 0.5) is 0 Å². The molecule has 0 saturated heterocycles. The normalized spacial score (nSPS) is 10.6. The molecule has 0 unspecified atom stereocenters. The van der Waals surface area contributed by atoms with Crippen LogP contribution in [0.5, 0.6) is 0 Å². The minimum atomic E-state index is 0.321. The fourth-order valence-corrected chi connectivity index (χ4v) is 1.77. The van der Waals surface area contributed by atoms with Gasteiger partial charge in [-0.05, 0) is 18.2 Å². The zero-order valence-corrected chi connectivity index (χ0v) is 9.22. The molecule has 2 aromatic rings. The predicted molar refractivity (Wildman–Crippen MR) is 59.9 cm³/mol. The minimum absolute atomic E-state index is 0.321. The molecular weight excluding hydrogens is 235 g/mol. The monoisotopic (exact) mass is 242 g/mol. The van der Waals surface area contributed by atoms with Gasteiger partial charge in [-0.3, -0.25) is 0 Å². The Hall–Kier alpha value is -1.03. The summed E-state index contributed by atoms with van der Waals surface area (Å²) in [6.45, 7) is 0.321. The number of hydrogen-bond donors (Lipinski definition) is 1. The van der Waals surface area contributed by atoms with Crippen LogP contribution in [-0.2, 0) is 6.54 Å². The molecule has 0 saturated carbocycles. The molecular formula is C10H8Cl2N2O. The predicted octanol–water partition coefficient (Wildman–Crippen LogP) is 3.11. The van der Waals surface area contributed by atoms with E-state index in [1.54, 1.807) is 24.3 Å². The van der Waals surface area contributed by atoms with E-state index in [1.165, 1.54) is 0 Å². The first-order chi connectivity index (χ1) is 7.19. The van der Waals surface area contributed by atoms with Gasteiger partial charge in [-0.15, -0.1) is 0 Å². The summed E-state index contributed by atoms with van der Waals surface area (Å²) in [7, 11) is 0. The molecule has 0 radical (unpaired) electrons. The molecule has 0 aliphatic heterocycles. The van der Waals surface area contributed by atoms with Gasteiger partial charge in [-0.1, -0.05) is 28.4 Å². The van der Waals surface area contributed by atoms with Gasteiger partial charge in [-0.25, -0.2) is 0 Å². The Labute approximate surface area is 96.8 Å². The molecule has 0 bridgehead atoms. The lowest BCUT2D eigenvalue weighted by Gasteiger charge is -1.97. The average molecular weight is 243 g/mol. The summed E-state index contributed by atoms with van der Waals surface area (Å²) in [5.74, 6) is 0.626. The molecule has 1 aromatic heterocycles. The highest BCUT2D eigenvalue weighted by Crippen LogP contribution is 2.26. The number of nitrogens with zero attached hydrogens (tertiary/aromatic N) is 1. The van der Waals surface area contributed by atoms with E-state index in [2.05, 4.69) is 5.16 Å². The van der Waals surface area contributed by atoms with Gasteiger partial charge < -0.3 is 10.3 Å². The fourth-order valence-electron chi connectivity index (χ4n) is 1.25. The number of hydrogen-bond acceptors (Lipinski definition) is 3. The summed E-state index contributed by atoms with van der Waals surface area (Å²) in [6.07, 6.45) is 0. The molecule has 2 N–H and O–H groups in total. The summed E-state index contributed by atoms with van der Waals surface area (Å²) in [5, 5.41) is 5.00. The van der Waals surface area contributed by atoms with Crippen LogP contribution < -0.4 is 5.73 Å². The van der Waals surface area contributed by atoms with Crippen LogP contribution in [0.3, 0.4) is 0 Å². The Morgan fingerprint density at radius 2 is 1.80 bits per heavy atom. The highest BCUT2D eigenvalue weighted by atomic mass is 35.5. The Kier molecular flexibility index (Phi) is 2.95. The van der Waals surface area contributed by atoms with Gasteiger partial charge in [0.1, 0.15) is 5.69 Å². The SMILES string of the molecule is NCc1cc(-c2cc(Cl)cc(Cl)c2)no1. The van der Waals surface area contributed by atoms with Crippen molar-refractivity contribution in [2.24, 2.45) is 5.73 Å². The van der Waals surface area contributed by atoms with Crippen LogP contribution in [0.15, 0.2) is 28.8 Å². The minimum Gasteiger partial charge on any atom is -0.359 e. The highest BCUT2D eigenvalue weighted by Gasteiger charge is 2.07. The molecule has 0 fully saturated rings. The molecule has 1 aromatic carbocycles. The molecule has 0 aliphatic carbocycles. The van der Waals surface area contributed by atoms with Crippen LogP contribution in [0.25, 0.3) is 11.3 Å². The smallest absolute Gasteiger partial charge is 0.150 e. The van der Waals surface area contributed by atoms with E-state index in [9.17, 15) is 0 Å². The van der Waals surface area contributed by atoms with E-state index >= 15 is 0 Å². The number of aromatic nitrogens is 1. The van der Waals surface area contributed by atoms with Crippen molar-refractivity contribution in [3.63, 3.8) is 0 Å². The summed E-state index contributed by atoms with van der Waals surface area (Å²) in [4.78, 5) is 0. The molecule has 0 aliphatic rings. The topological polar surface area (TPSA) is 52.0 Å². The van der Waals surface area contributed by atoms with E-state index in [0.29, 0.717) is 28.0 Å². The Morgan fingerprint density at radius 1 is 1.13 bits per heavy atom. The van der Waals surface area contributed by atoms with Crippen molar-refractivity contribution in [3.8, 4) is 11.3 Å². The first-order valence-corrected chi connectivity index (χ1v) is 5.07. The Balaban J connectivity index is 2.44. The third-order valence-corrected chi connectivity index (χ3v) is 2.35. The molecule has 3 nitrogen and oxygen atoms in total. The Bertz CT molecular complexity index is 462. The van der Waals surface area contributed by atoms with Crippen LogP contribution in [-0.4, -0.2) is 5.16 Å². The van der Waals surface area contributed by atoms with Gasteiger partial charge in [0, 0.05) is 21.7 Å². The van der Waals surface area contributed by atoms with E-state index in [4.69, 9.17) is 33.5 Å². The van der Waals surface area contributed by atoms with Crippen molar-refractivity contribution < 1.29 is 4.52 Å². The number of benzene rings is 1. The number of nitrogens with two attached hydrogens (primary N) is 1. The van der Waals surface area contributed by atoms with E-state index in [-0.39, 0.29) is 0 Å². The summed E-state index contributed by atoms with van der Waals surface area (Å²) < 4.78 is 4.99. The molecule has 15 heavy (non-hydrogen) atoms. The number of rotatable bonds is 2. The van der Waals surface area contributed by atoms with E-state index in [0.717, 1.165) is 5.56 Å². The molecule has 0 atom stereocenters. The molecule has 5 heteroatoms. The maximum atomic E-state index is 5.87. The second-order valence-electron chi connectivity index (χ2n) is 3.04. The first kappa shape index (κ1) is 10.5. The summed E-state index contributed by atoms with van der Waals surface area (Å²) in [6, 6.07) is 6.97. The Morgan fingerprint density at radius 3 is 2.33 bits per heavy atom. The summed E-state index contributed by atoms with van der Waals surface area (Å²) >= 11 is 11.7. The van der Waals surface area contributed by atoms with Crippen LogP contribution in [0.1, 0.15) is 5.76 Å². The lowest BCUT2D eigenvalue weighted by atomic mass is 10.1. The lowest BCUT2D eigenvalue weighted by molar-refractivity contribution is 0.387. The third kappa shape index (κ3) is 2.31. The van der Waals surface area contributed by atoms with E-state index < -0.39 is 0 Å². The van der Waals surface area contributed by atoms with Crippen molar-refractivity contribution >= 4 is 23.2 Å². The third-order valence-electron chi connectivity index (χ3n) is 1.92. The zero-order chi connectivity index (χ0) is 10.8. The highest BCUT2D eigenvalue weighted by molar-refractivity contribution is 6.35. The van der Waals surface area contributed by atoms with Crippen molar-refractivity contribution in [1.82, 2.24) is 5.16 Å². The average Bonchev–Trinajstić information content (AvgIpc) is 2.64. The lowest BCUT2D eigenvalue weighted by Crippen LogP contribution is -1.92. The molecule has 0 spiro atoms. The van der Waals surface area contributed by atoms with Gasteiger partial charge in [0.25, 0.3) is 0 Å². The number of halogens is 2. The van der Waals surface area contributed by atoms with Gasteiger partial charge in [-0.2, -0.15) is 0 Å². The second-order valence-corrected chi connectivity index (χ2v) is 3.91. The van der Waals surface area contributed by atoms with Crippen LogP contribution in [0.2, 0.25) is 10.0 Å². The first-order valence-electron chi connectivity index (χ1n) is 4.31. The zero-order valence-electron chi connectivity index (χ0n) is 7.71.